The van der Waals surface area contributed by atoms with Crippen LogP contribution in [0.15, 0.2) is 36.7 Å². The molecular weight excluding hydrogens is 414 g/mol. The quantitative estimate of drug-likeness (QED) is 0.456. The van der Waals surface area contributed by atoms with Crippen molar-refractivity contribution in [3.8, 4) is 5.88 Å². The normalized spacial score (nSPS) is 21.4. The Morgan fingerprint density at radius 2 is 2.00 bits per heavy atom. The first-order valence-corrected chi connectivity index (χ1v) is 13.8. The molecule has 2 N–H and O–H groups in total. The third kappa shape index (κ3) is 4.54. The van der Waals surface area contributed by atoms with E-state index in [-0.39, 0.29) is 24.1 Å². The highest BCUT2D eigenvalue weighted by Gasteiger charge is 2.39. The number of anilines is 1. The standard InChI is InChI=1S/C21H27N5O4Si/c1-5-14-15(29-20(27)13-9-7-6-8-10-13)11-16(28-14)26-12-23-17-18(26)24-21(22)25-19(17)30-31(2,3)4/h6-10,12,14-16H,5,11H2,1-4H3,(H2,22,24,25)/t14-,15?,16-/m1/s1. The summed E-state index contributed by atoms with van der Waals surface area (Å²) in [6.45, 7) is 8.19. The number of rotatable bonds is 6. The van der Waals surface area contributed by atoms with E-state index in [9.17, 15) is 4.79 Å². The summed E-state index contributed by atoms with van der Waals surface area (Å²) < 4.78 is 19.9. The SMILES string of the molecule is CC[C@H]1O[C@@H](n2cnc3c(O[Si](C)(C)C)nc(N)nc32)CC1OC(=O)c1ccccc1. The molecule has 31 heavy (non-hydrogen) atoms. The van der Waals surface area contributed by atoms with Crippen LogP contribution in [0.4, 0.5) is 5.95 Å². The second kappa shape index (κ2) is 8.27. The fourth-order valence-corrected chi connectivity index (χ4v) is 4.34. The van der Waals surface area contributed by atoms with Gasteiger partial charge in [-0.15, -0.1) is 0 Å². The van der Waals surface area contributed by atoms with Crippen molar-refractivity contribution in [3.05, 3.63) is 42.2 Å². The molecule has 1 aromatic carbocycles. The lowest BCUT2D eigenvalue weighted by Crippen LogP contribution is -2.30. The molecule has 1 saturated heterocycles. The van der Waals surface area contributed by atoms with Crippen molar-refractivity contribution in [1.82, 2.24) is 19.5 Å². The van der Waals surface area contributed by atoms with Crippen molar-refractivity contribution < 1.29 is 18.7 Å². The minimum Gasteiger partial charge on any atom is -0.530 e. The average molecular weight is 442 g/mol. The zero-order valence-electron chi connectivity index (χ0n) is 18.1. The van der Waals surface area contributed by atoms with Gasteiger partial charge in [-0.1, -0.05) is 25.1 Å². The Morgan fingerprint density at radius 3 is 2.68 bits per heavy atom. The van der Waals surface area contributed by atoms with Crippen molar-refractivity contribution in [3.63, 3.8) is 0 Å². The number of benzene rings is 1. The number of aromatic nitrogens is 4. The first-order valence-electron chi connectivity index (χ1n) is 10.4. The molecule has 0 spiro atoms. The molecular formula is C21H27N5O4Si. The largest absolute Gasteiger partial charge is 0.530 e. The highest BCUT2D eigenvalue weighted by atomic mass is 28.4. The van der Waals surface area contributed by atoms with Gasteiger partial charge in [0, 0.05) is 6.42 Å². The van der Waals surface area contributed by atoms with Crippen LogP contribution >= 0.6 is 0 Å². The third-order valence-corrected chi connectivity index (χ3v) is 5.78. The third-order valence-electron chi connectivity index (χ3n) is 4.97. The molecule has 3 heterocycles. The number of imidazole rings is 1. The molecule has 164 valence electrons. The molecule has 1 aliphatic rings. The summed E-state index contributed by atoms with van der Waals surface area (Å²) in [6, 6.07) is 8.95. The number of hydrogen-bond donors (Lipinski definition) is 1. The monoisotopic (exact) mass is 441 g/mol. The fourth-order valence-electron chi connectivity index (χ4n) is 3.62. The molecule has 0 radical (unpaired) electrons. The second-order valence-corrected chi connectivity index (χ2v) is 12.9. The molecule has 10 heteroatoms. The van der Waals surface area contributed by atoms with E-state index >= 15 is 0 Å². The van der Waals surface area contributed by atoms with Crippen LogP contribution < -0.4 is 10.2 Å². The van der Waals surface area contributed by atoms with E-state index < -0.39 is 14.5 Å². The van der Waals surface area contributed by atoms with Gasteiger partial charge in [-0.3, -0.25) is 4.57 Å². The van der Waals surface area contributed by atoms with Gasteiger partial charge in [0.25, 0.3) is 0 Å². The van der Waals surface area contributed by atoms with Gasteiger partial charge < -0.3 is 19.6 Å². The Bertz CT molecular complexity index is 1080. The lowest BCUT2D eigenvalue weighted by Gasteiger charge is -2.18. The van der Waals surface area contributed by atoms with Crippen LogP contribution in [0, 0.1) is 0 Å². The van der Waals surface area contributed by atoms with Gasteiger partial charge in [-0.05, 0) is 38.2 Å². The van der Waals surface area contributed by atoms with E-state index in [1.807, 2.05) is 29.7 Å². The van der Waals surface area contributed by atoms with Crippen LogP contribution in [-0.2, 0) is 9.47 Å². The maximum atomic E-state index is 12.5. The Hall–Kier alpha value is -2.98. The van der Waals surface area contributed by atoms with Crippen LogP contribution in [0.3, 0.4) is 0 Å². The number of ether oxygens (including phenoxy) is 2. The number of carbonyl (C=O) groups excluding carboxylic acids is 1. The Labute approximate surface area is 181 Å². The maximum Gasteiger partial charge on any atom is 0.338 e. The zero-order chi connectivity index (χ0) is 22.2. The molecule has 0 bridgehead atoms. The molecule has 1 fully saturated rings. The van der Waals surface area contributed by atoms with Crippen molar-refractivity contribution in [2.75, 3.05) is 5.73 Å². The minimum atomic E-state index is -1.92. The number of fused-ring (bicyclic) bond motifs is 1. The zero-order valence-corrected chi connectivity index (χ0v) is 19.1. The summed E-state index contributed by atoms with van der Waals surface area (Å²) in [5.74, 6) is 0.137. The lowest BCUT2D eigenvalue weighted by molar-refractivity contribution is -0.0285. The topological polar surface area (TPSA) is 114 Å². The molecule has 9 nitrogen and oxygen atoms in total. The van der Waals surface area contributed by atoms with Gasteiger partial charge in [0.2, 0.25) is 20.1 Å². The van der Waals surface area contributed by atoms with Gasteiger partial charge in [0.15, 0.2) is 11.2 Å². The van der Waals surface area contributed by atoms with Gasteiger partial charge in [0.05, 0.1) is 18.0 Å². The molecule has 0 amide bonds. The Kier molecular flexibility index (Phi) is 5.67. The van der Waals surface area contributed by atoms with Crippen LogP contribution in [0.25, 0.3) is 11.2 Å². The van der Waals surface area contributed by atoms with Crippen molar-refractivity contribution in [1.29, 1.82) is 0 Å². The van der Waals surface area contributed by atoms with Crippen LogP contribution in [0.5, 0.6) is 5.88 Å². The highest BCUT2D eigenvalue weighted by molar-refractivity contribution is 6.70. The van der Waals surface area contributed by atoms with E-state index in [2.05, 4.69) is 34.6 Å². The van der Waals surface area contributed by atoms with Crippen LogP contribution in [0.1, 0.15) is 36.4 Å². The van der Waals surface area contributed by atoms with Crippen LogP contribution in [0.2, 0.25) is 19.6 Å². The summed E-state index contributed by atoms with van der Waals surface area (Å²) in [5, 5.41) is 0. The predicted molar refractivity (Wildman–Crippen MR) is 118 cm³/mol. The number of nitrogen functional groups attached to an aromatic ring is 1. The van der Waals surface area contributed by atoms with Crippen molar-refractivity contribution in [2.24, 2.45) is 0 Å². The Morgan fingerprint density at radius 1 is 1.26 bits per heavy atom. The first-order chi connectivity index (χ1) is 14.7. The molecule has 3 aromatic rings. The number of nitrogens with zero attached hydrogens (tertiary/aromatic N) is 4. The molecule has 1 unspecified atom stereocenters. The van der Waals surface area contributed by atoms with Gasteiger partial charge in [-0.25, -0.2) is 9.78 Å². The summed E-state index contributed by atoms with van der Waals surface area (Å²) in [4.78, 5) is 25.6. The minimum absolute atomic E-state index is 0.111. The van der Waals surface area contributed by atoms with E-state index in [0.717, 1.165) is 0 Å². The summed E-state index contributed by atoms with van der Waals surface area (Å²) in [6.07, 6.45) is 1.84. The number of esters is 1. The van der Waals surface area contributed by atoms with E-state index in [1.165, 1.54) is 0 Å². The second-order valence-electron chi connectivity index (χ2n) is 8.51. The number of hydrogen-bond acceptors (Lipinski definition) is 8. The number of nitrogens with two attached hydrogens (primary N) is 1. The summed E-state index contributed by atoms with van der Waals surface area (Å²) >= 11 is 0. The average Bonchev–Trinajstić information content (AvgIpc) is 3.31. The van der Waals surface area contributed by atoms with Gasteiger partial charge >= 0.3 is 5.97 Å². The summed E-state index contributed by atoms with van der Waals surface area (Å²) in [5.41, 5.74) is 7.54. The van der Waals surface area contributed by atoms with E-state index in [1.54, 1.807) is 18.5 Å². The molecule has 1 aliphatic heterocycles. The van der Waals surface area contributed by atoms with Crippen molar-refractivity contribution in [2.45, 2.75) is 57.8 Å². The molecule has 0 aliphatic carbocycles. The first kappa shape index (κ1) is 21.3. The maximum absolute atomic E-state index is 12.5. The van der Waals surface area contributed by atoms with Crippen molar-refractivity contribution >= 4 is 31.4 Å². The molecule has 3 atom stereocenters. The number of carbonyl (C=O) groups is 1. The van der Waals surface area contributed by atoms with E-state index in [4.69, 9.17) is 19.6 Å². The van der Waals surface area contributed by atoms with Gasteiger partial charge in [-0.2, -0.15) is 9.97 Å². The summed E-state index contributed by atoms with van der Waals surface area (Å²) in [7, 11) is -1.92. The molecule has 4 rings (SSSR count). The van der Waals surface area contributed by atoms with E-state index in [0.29, 0.717) is 35.4 Å². The van der Waals surface area contributed by atoms with Crippen LogP contribution in [-0.4, -0.2) is 46.0 Å². The van der Waals surface area contributed by atoms with Gasteiger partial charge in [0.1, 0.15) is 12.3 Å². The smallest absolute Gasteiger partial charge is 0.338 e. The molecule has 2 aromatic heterocycles. The fraction of sp³-hybridized carbons (Fsp3) is 0.429. The molecule has 0 saturated carbocycles. The predicted octanol–water partition coefficient (Wildman–Crippen LogP) is 3.55. The Balaban J connectivity index is 1.59. The lowest BCUT2D eigenvalue weighted by atomic mass is 10.1. The highest BCUT2D eigenvalue weighted by Crippen LogP contribution is 2.35.